The molecule has 1 aromatic rings. The first-order valence-corrected chi connectivity index (χ1v) is 5.24. The van der Waals surface area contributed by atoms with Gasteiger partial charge in [-0.3, -0.25) is 0 Å². The topological polar surface area (TPSA) is 51.8 Å². The minimum absolute atomic E-state index is 0.354. The van der Waals surface area contributed by atoms with Crippen LogP contribution in [0.3, 0.4) is 0 Å². The molecule has 0 fully saturated rings. The van der Waals surface area contributed by atoms with Gasteiger partial charge in [0.1, 0.15) is 16.7 Å². The Labute approximate surface area is 90.2 Å². The van der Waals surface area contributed by atoms with Gasteiger partial charge in [0.25, 0.3) is 0 Å². The summed E-state index contributed by atoms with van der Waals surface area (Å²) < 4.78 is 0. The summed E-state index contributed by atoms with van der Waals surface area (Å²) in [5, 5.41) is 1.27. The van der Waals surface area contributed by atoms with E-state index in [1.807, 2.05) is 12.2 Å². The van der Waals surface area contributed by atoms with E-state index in [0.29, 0.717) is 16.7 Å². The number of halogens is 2. The molecule has 1 aromatic heterocycles. The fraction of sp³-hybridized carbons (Fsp3) is 0.250. The normalized spacial score (nSPS) is 10.9. The van der Waals surface area contributed by atoms with Crippen LogP contribution in [0.4, 0.5) is 5.82 Å². The van der Waals surface area contributed by atoms with Crippen LogP contribution in [0.5, 0.6) is 0 Å². The summed E-state index contributed by atoms with van der Waals surface area (Å²) in [6.07, 6.45) is 6.13. The van der Waals surface area contributed by atoms with Crippen LogP contribution < -0.4 is 5.73 Å². The van der Waals surface area contributed by atoms with Crippen molar-refractivity contribution in [3.63, 3.8) is 0 Å². The van der Waals surface area contributed by atoms with Gasteiger partial charge >= 0.3 is 0 Å². The number of aromatic nitrogens is 2. The van der Waals surface area contributed by atoms with E-state index in [1.54, 1.807) is 0 Å². The van der Waals surface area contributed by atoms with Crippen molar-refractivity contribution in [2.24, 2.45) is 0 Å². The van der Waals surface area contributed by atoms with Gasteiger partial charge in [0.2, 0.25) is 0 Å². The van der Waals surface area contributed by atoms with Crippen LogP contribution in [0.15, 0.2) is 12.3 Å². The lowest BCUT2D eigenvalue weighted by Crippen LogP contribution is -1.96. The minimum Gasteiger partial charge on any atom is -0.382 e. The Bertz CT molecular complexity index is 314. The van der Waals surface area contributed by atoms with Crippen LogP contribution in [0.1, 0.15) is 12.1 Å². The maximum Gasteiger partial charge on any atom is 0.149 e. The molecule has 1 rings (SSSR count). The van der Waals surface area contributed by atoms with Crippen LogP contribution in [0.2, 0.25) is 5.15 Å². The average Bonchev–Trinajstić information content (AvgIpc) is 2.11. The van der Waals surface area contributed by atoms with Crippen molar-refractivity contribution in [2.45, 2.75) is 6.42 Å². The van der Waals surface area contributed by atoms with Crippen LogP contribution in [-0.4, -0.2) is 15.3 Å². The fourth-order valence-electron chi connectivity index (χ4n) is 0.771. The van der Waals surface area contributed by atoms with Gasteiger partial charge < -0.3 is 5.73 Å². The van der Waals surface area contributed by atoms with E-state index in [9.17, 15) is 0 Å². The Morgan fingerprint density at radius 3 is 3.08 bits per heavy atom. The number of alkyl halides is 1. The summed E-state index contributed by atoms with van der Waals surface area (Å²) in [4.78, 5) is 7.90. The van der Waals surface area contributed by atoms with Crippen molar-refractivity contribution in [2.75, 3.05) is 11.1 Å². The van der Waals surface area contributed by atoms with Gasteiger partial charge in [-0.2, -0.15) is 0 Å². The molecule has 1 heterocycles. The maximum atomic E-state index is 5.66. The number of rotatable bonds is 3. The zero-order chi connectivity index (χ0) is 9.68. The number of allylic oxidation sites excluding steroid dienone is 1. The number of nitrogen functional groups attached to an aromatic ring is 1. The first kappa shape index (κ1) is 10.5. The molecule has 0 amide bonds. The number of nitrogens with two attached hydrogens (primary N) is 1. The first-order valence-electron chi connectivity index (χ1n) is 3.74. The van der Waals surface area contributed by atoms with Crippen LogP contribution >= 0.6 is 27.5 Å². The third-order valence-corrected chi connectivity index (χ3v) is 1.99. The van der Waals surface area contributed by atoms with Gasteiger partial charge in [-0.1, -0.05) is 33.6 Å². The summed E-state index contributed by atoms with van der Waals surface area (Å²) in [6, 6.07) is 0. The lowest BCUT2D eigenvalue weighted by atomic mass is 10.3. The van der Waals surface area contributed by atoms with Gasteiger partial charge in [-0.05, 0) is 12.5 Å². The molecular weight excluding hydrogens is 253 g/mol. The van der Waals surface area contributed by atoms with Gasteiger partial charge in [-0.15, -0.1) is 0 Å². The molecule has 70 valence electrons. The van der Waals surface area contributed by atoms with E-state index in [2.05, 4.69) is 25.9 Å². The maximum absolute atomic E-state index is 5.66. The average molecular weight is 263 g/mol. The zero-order valence-electron chi connectivity index (χ0n) is 6.87. The van der Waals surface area contributed by atoms with E-state index in [1.165, 1.54) is 6.20 Å². The molecule has 0 saturated heterocycles. The molecule has 0 aliphatic heterocycles. The number of hydrogen-bond acceptors (Lipinski definition) is 3. The van der Waals surface area contributed by atoms with Crippen molar-refractivity contribution in [3.05, 3.63) is 23.1 Å². The Hall–Kier alpha value is -0.610. The third-order valence-electron chi connectivity index (χ3n) is 1.35. The molecular formula is C8H9BrClN3. The highest BCUT2D eigenvalue weighted by atomic mass is 79.9. The monoisotopic (exact) mass is 261 g/mol. The van der Waals surface area contributed by atoms with E-state index < -0.39 is 0 Å². The van der Waals surface area contributed by atoms with Crippen LogP contribution in [0.25, 0.3) is 6.08 Å². The Balaban J connectivity index is 2.81. The number of anilines is 1. The Morgan fingerprint density at radius 1 is 1.62 bits per heavy atom. The molecule has 0 atom stereocenters. The molecule has 0 spiro atoms. The largest absolute Gasteiger partial charge is 0.382 e. The van der Waals surface area contributed by atoms with Crippen molar-refractivity contribution in [1.82, 2.24) is 9.97 Å². The minimum atomic E-state index is 0.354. The molecule has 3 nitrogen and oxygen atoms in total. The zero-order valence-corrected chi connectivity index (χ0v) is 9.22. The molecule has 0 aliphatic carbocycles. The molecule has 0 aromatic carbocycles. The summed E-state index contributed by atoms with van der Waals surface area (Å²) in [7, 11) is 0. The number of nitrogens with zero attached hydrogens (tertiary/aromatic N) is 2. The highest BCUT2D eigenvalue weighted by Crippen LogP contribution is 2.11. The number of hydrogen-bond donors (Lipinski definition) is 1. The molecule has 0 radical (unpaired) electrons. The van der Waals surface area contributed by atoms with Gasteiger partial charge in [0.15, 0.2) is 0 Å². The fourth-order valence-corrected chi connectivity index (χ4v) is 1.17. The van der Waals surface area contributed by atoms with Crippen molar-refractivity contribution in [3.8, 4) is 0 Å². The van der Waals surface area contributed by atoms with Crippen LogP contribution in [0, 0.1) is 0 Å². The van der Waals surface area contributed by atoms with Gasteiger partial charge in [0, 0.05) is 5.33 Å². The molecule has 5 heteroatoms. The molecule has 0 bridgehead atoms. The van der Waals surface area contributed by atoms with Crippen molar-refractivity contribution in [1.29, 1.82) is 0 Å². The summed E-state index contributed by atoms with van der Waals surface area (Å²) in [6.45, 7) is 0. The van der Waals surface area contributed by atoms with Crippen LogP contribution in [-0.2, 0) is 0 Å². The predicted octanol–water partition coefficient (Wildman–Crippen LogP) is 2.51. The third kappa shape index (κ3) is 3.32. The molecule has 0 unspecified atom stereocenters. The molecule has 2 N–H and O–H groups in total. The molecule has 0 aliphatic rings. The first-order chi connectivity index (χ1) is 6.24. The van der Waals surface area contributed by atoms with E-state index in [4.69, 9.17) is 17.3 Å². The highest BCUT2D eigenvalue weighted by Gasteiger charge is 1.98. The van der Waals surface area contributed by atoms with E-state index >= 15 is 0 Å². The smallest absolute Gasteiger partial charge is 0.149 e. The quantitative estimate of drug-likeness (QED) is 0.852. The lowest BCUT2D eigenvalue weighted by Gasteiger charge is -1.97. The molecule has 13 heavy (non-hydrogen) atoms. The van der Waals surface area contributed by atoms with E-state index in [-0.39, 0.29) is 0 Å². The second kappa shape index (κ2) is 5.19. The van der Waals surface area contributed by atoms with Gasteiger partial charge in [0.05, 0.1) is 6.20 Å². The van der Waals surface area contributed by atoms with Gasteiger partial charge in [-0.25, -0.2) is 9.97 Å². The Morgan fingerprint density at radius 2 is 2.38 bits per heavy atom. The Kier molecular flexibility index (Phi) is 4.18. The summed E-state index contributed by atoms with van der Waals surface area (Å²) >= 11 is 8.97. The second-order valence-electron chi connectivity index (χ2n) is 2.34. The van der Waals surface area contributed by atoms with Crippen molar-refractivity contribution < 1.29 is 0 Å². The summed E-state index contributed by atoms with van der Waals surface area (Å²) in [5.74, 6) is 0.398. The lowest BCUT2D eigenvalue weighted by molar-refractivity contribution is 1.18. The van der Waals surface area contributed by atoms with E-state index in [0.717, 1.165) is 11.8 Å². The standard InChI is InChI=1S/C8H9BrClN3/c9-4-2-1-3-6-8(11)12-5-7(10)13-6/h1,3,5H,2,4H2,(H2,11,12). The molecule has 0 saturated carbocycles. The summed E-state index contributed by atoms with van der Waals surface area (Å²) in [5.41, 5.74) is 6.20. The van der Waals surface area contributed by atoms with Crippen molar-refractivity contribution >= 4 is 39.4 Å². The SMILES string of the molecule is Nc1ncc(Cl)nc1C=CCCBr. The predicted molar refractivity (Wildman–Crippen MR) is 58.9 cm³/mol. The second-order valence-corrected chi connectivity index (χ2v) is 3.52. The highest BCUT2D eigenvalue weighted by molar-refractivity contribution is 9.09.